The molecule has 22 heavy (non-hydrogen) atoms. The highest BCUT2D eigenvalue weighted by Gasteiger charge is 2.19. The maximum atomic E-state index is 9.55. The zero-order valence-electron chi connectivity index (χ0n) is 13.4. The van der Waals surface area contributed by atoms with E-state index in [0.717, 1.165) is 34.7 Å². The summed E-state index contributed by atoms with van der Waals surface area (Å²) in [4.78, 5) is 5.99. The number of aromatic nitrogens is 1. The normalized spacial score (nSPS) is 14.2. The van der Waals surface area contributed by atoms with Crippen LogP contribution in [0.4, 0.5) is 0 Å². The first-order chi connectivity index (χ1) is 10.6. The Kier molecular flexibility index (Phi) is 4.13. The third kappa shape index (κ3) is 2.71. The van der Waals surface area contributed by atoms with Crippen molar-refractivity contribution in [1.82, 2.24) is 4.98 Å². The Balaban J connectivity index is 2.06. The van der Waals surface area contributed by atoms with Gasteiger partial charge in [-0.15, -0.1) is 11.3 Å². The van der Waals surface area contributed by atoms with Crippen LogP contribution in [0.3, 0.4) is 0 Å². The van der Waals surface area contributed by atoms with Crippen LogP contribution >= 0.6 is 11.3 Å². The quantitative estimate of drug-likeness (QED) is 0.678. The lowest BCUT2D eigenvalue weighted by atomic mass is 10.0. The third-order valence-electron chi connectivity index (χ3n) is 4.46. The van der Waals surface area contributed by atoms with Crippen LogP contribution in [0.1, 0.15) is 46.7 Å². The Bertz CT molecular complexity index is 782. The summed E-state index contributed by atoms with van der Waals surface area (Å²) in [6, 6.07) is 8.86. The summed E-state index contributed by atoms with van der Waals surface area (Å²) in [5.74, 6) is 0. The van der Waals surface area contributed by atoms with Crippen molar-refractivity contribution in [2.24, 2.45) is 0 Å². The lowest BCUT2D eigenvalue weighted by Gasteiger charge is -2.03. The van der Waals surface area contributed by atoms with Crippen LogP contribution in [-0.2, 0) is 0 Å². The molecule has 3 heteroatoms. The van der Waals surface area contributed by atoms with Crippen LogP contribution < -0.4 is 0 Å². The minimum atomic E-state index is 0.820. The van der Waals surface area contributed by atoms with Gasteiger partial charge in [-0.1, -0.05) is 12.1 Å². The molecule has 1 aromatic carbocycles. The van der Waals surface area contributed by atoms with Gasteiger partial charge in [0.2, 0.25) is 0 Å². The molecule has 1 heterocycles. The van der Waals surface area contributed by atoms with E-state index in [0.29, 0.717) is 0 Å². The molecule has 0 aliphatic heterocycles. The Morgan fingerprint density at radius 2 is 1.86 bits per heavy atom. The molecule has 112 valence electrons. The van der Waals surface area contributed by atoms with Gasteiger partial charge in [0.15, 0.2) is 0 Å². The number of aryl methyl sites for hydroxylation is 3. The largest absolute Gasteiger partial charge is 0.235 e. The fraction of sp³-hybridized carbons (Fsp3) is 0.368. The molecule has 0 unspecified atom stereocenters. The number of nitrogens with zero attached hydrogens (tertiary/aromatic N) is 2. The standard InChI is InChI=1S/C19H20N2S/c1-12-8-9-16(10-13(12)2)18-14(3)22-19(21-18)17(11-20)15-6-4-5-7-15/h8-10H,4-7H2,1-3H3. The summed E-state index contributed by atoms with van der Waals surface area (Å²) < 4.78 is 0. The number of benzene rings is 1. The molecule has 2 aromatic rings. The van der Waals surface area contributed by atoms with Crippen molar-refractivity contribution >= 4 is 16.9 Å². The van der Waals surface area contributed by atoms with Crippen LogP contribution in [0.25, 0.3) is 16.8 Å². The summed E-state index contributed by atoms with van der Waals surface area (Å²) in [5, 5.41) is 10.4. The number of rotatable bonds is 2. The average molecular weight is 308 g/mol. The molecule has 1 aliphatic carbocycles. The molecule has 0 N–H and O–H groups in total. The number of allylic oxidation sites excluding steroid dienone is 2. The van der Waals surface area contributed by atoms with Crippen molar-refractivity contribution in [3.8, 4) is 17.3 Å². The van der Waals surface area contributed by atoms with Crippen molar-refractivity contribution in [3.63, 3.8) is 0 Å². The van der Waals surface area contributed by atoms with Gasteiger partial charge in [-0.05, 0) is 69.2 Å². The van der Waals surface area contributed by atoms with Gasteiger partial charge in [0.05, 0.1) is 11.3 Å². The first kappa shape index (κ1) is 15.0. The van der Waals surface area contributed by atoms with E-state index in [1.807, 2.05) is 0 Å². The third-order valence-corrected chi connectivity index (χ3v) is 5.45. The van der Waals surface area contributed by atoms with Gasteiger partial charge in [0, 0.05) is 10.4 Å². The topological polar surface area (TPSA) is 36.7 Å². The average Bonchev–Trinajstić information content (AvgIpc) is 3.13. The molecule has 1 saturated carbocycles. The molecular formula is C19H20N2S. The highest BCUT2D eigenvalue weighted by Crippen LogP contribution is 2.36. The predicted molar refractivity (Wildman–Crippen MR) is 92.8 cm³/mol. The minimum Gasteiger partial charge on any atom is -0.235 e. The molecule has 3 rings (SSSR count). The van der Waals surface area contributed by atoms with Crippen LogP contribution in [-0.4, -0.2) is 4.98 Å². The first-order valence-corrected chi connectivity index (χ1v) is 8.59. The zero-order chi connectivity index (χ0) is 15.7. The molecule has 1 aromatic heterocycles. The van der Waals surface area contributed by atoms with Crippen LogP contribution in [0.5, 0.6) is 0 Å². The van der Waals surface area contributed by atoms with E-state index in [9.17, 15) is 5.26 Å². The van der Waals surface area contributed by atoms with Gasteiger partial charge < -0.3 is 0 Å². The van der Waals surface area contributed by atoms with E-state index < -0.39 is 0 Å². The van der Waals surface area contributed by atoms with E-state index in [1.54, 1.807) is 11.3 Å². The zero-order valence-corrected chi connectivity index (χ0v) is 14.2. The van der Waals surface area contributed by atoms with E-state index in [2.05, 4.69) is 45.0 Å². The molecule has 1 aliphatic rings. The molecule has 0 radical (unpaired) electrons. The van der Waals surface area contributed by atoms with E-state index in [1.165, 1.54) is 34.4 Å². The number of thiazole rings is 1. The summed E-state index contributed by atoms with van der Waals surface area (Å²) in [6.07, 6.45) is 4.52. The monoisotopic (exact) mass is 308 g/mol. The Hall–Kier alpha value is -1.92. The van der Waals surface area contributed by atoms with Crippen molar-refractivity contribution in [2.45, 2.75) is 46.5 Å². The fourth-order valence-corrected chi connectivity index (χ4v) is 3.97. The maximum Gasteiger partial charge on any atom is 0.134 e. The molecule has 1 fully saturated rings. The number of nitriles is 1. The summed E-state index contributed by atoms with van der Waals surface area (Å²) in [6.45, 7) is 6.35. The first-order valence-electron chi connectivity index (χ1n) is 7.77. The van der Waals surface area contributed by atoms with Gasteiger partial charge in [-0.2, -0.15) is 5.26 Å². The minimum absolute atomic E-state index is 0.820. The number of hydrogen-bond acceptors (Lipinski definition) is 3. The van der Waals surface area contributed by atoms with Gasteiger partial charge in [0.25, 0.3) is 0 Å². The summed E-state index contributed by atoms with van der Waals surface area (Å²) >= 11 is 1.65. The van der Waals surface area contributed by atoms with Crippen LogP contribution in [0.15, 0.2) is 23.8 Å². The fourth-order valence-electron chi connectivity index (χ4n) is 2.99. The lowest BCUT2D eigenvalue weighted by molar-refractivity contribution is 0.886. The van der Waals surface area contributed by atoms with E-state index >= 15 is 0 Å². The van der Waals surface area contributed by atoms with E-state index in [-0.39, 0.29) is 0 Å². The lowest BCUT2D eigenvalue weighted by Crippen LogP contribution is -1.88. The second-order valence-corrected chi connectivity index (χ2v) is 7.22. The SMILES string of the molecule is Cc1ccc(-c2nc(C(C#N)=C3CCCC3)sc2C)cc1C. The highest BCUT2D eigenvalue weighted by atomic mass is 32.1. The second-order valence-electron chi connectivity index (χ2n) is 6.02. The van der Waals surface area contributed by atoms with Crippen LogP contribution in [0, 0.1) is 32.1 Å². The summed E-state index contributed by atoms with van der Waals surface area (Å²) in [7, 11) is 0. The van der Waals surface area contributed by atoms with Crippen molar-refractivity contribution < 1.29 is 0 Å². The molecular weight excluding hydrogens is 288 g/mol. The molecule has 0 atom stereocenters. The second kappa shape index (κ2) is 6.06. The van der Waals surface area contributed by atoms with Gasteiger partial charge >= 0.3 is 0 Å². The van der Waals surface area contributed by atoms with Gasteiger partial charge in [0.1, 0.15) is 11.1 Å². The van der Waals surface area contributed by atoms with Crippen molar-refractivity contribution in [1.29, 1.82) is 5.26 Å². The smallest absolute Gasteiger partial charge is 0.134 e. The Labute approximate surface area is 136 Å². The molecule has 2 nitrogen and oxygen atoms in total. The highest BCUT2D eigenvalue weighted by molar-refractivity contribution is 7.13. The molecule has 0 spiro atoms. The Morgan fingerprint density at radius 1 is 1.14 bits per heavy atom. The molecule has 0 saturated heterocycles. The van der Waals surface area contributed by atoms with E-state index in [4.69, 9.17) is 4.98 Å². The Morgan fingerprint density at radius 3 is 2.50 bits per heavy atom. The van der Waals surface area contributed by atoms with Crippen molar-refractivity contribution in [3.05, 3.63) is 44.8 Å². The molecule has 0 amide bonds. The van der Waals surface area contributed by atoms with Crippen molar-refractivity contribution in [2.75, 3.05) is 0 Å². The van der Waals surface area contributed by atoms with Gasteiger partial charge in [-0.3, -0.25) is 0 Å². The predicted octanol–water partition coefficient (Wildman–Crippen LogP) is 5.59. The molecule has 0 bridgehead atoms. The maximum absolute atomic E-state index is 9.55. The summed E-state index contributed by atoms with van der Waals surface area (Å²) in [5.41, 5.74) is 6.86. The number of hydrogen-bond donors (Lipinski definition) is 0. The van der Waals surface area contributed by atoms with Gasteiger partial charge in [-0.25, -0.2) is 4.98 Å². The van der Waals surface area contributed by atoms with Crippen LogP contribution in [0.2, 0.25) is 0 Å².